The van der Waals surface area contributed by atoms with Crippen molar-refractivity contribution in [3.8, 4) is 39.9 Å². The van der Waals surface area contributed by atoms with Gasteiger partial charge in [0.1, 0.15) is 11.6 Å². The molecule has 0 radical (unpaired) electrons. The van der Waals surface area contributed by atoms with Gasteiger partial charge in [-0.3, -0.25) is 4.68 Å². The first-order chi connectivity index (χ1) is 23.5. The number of ether oxygens (including phenoxy) is 2. The van der Waals surface area contributed by atoms with E-state index in [2.05, 4.69) is 105 Å². The molecule has 0 saturated heterocycles. The maximum Gasteiger partial charge on any atom is 2.00 e. The average molecular weight is 828 g/mol. The van der Waals surface area contributed by atoms with Crippen LogP contribution in [0.15, 0.2) is 85.1 Å². The quantitative estimate of drug-likeness (QED) is 0.129. The number of aromatic nitrogens is 4. The van der Waals surface area contributed by atoms with Crippen LogP contribution in [0, 0.1) is 19.1 Å². The zero-order valence-corrected chi connectivity index (χ0v) is 31.1. The van der Waals surface area contributed by atoms with E-state index in [0.717, 1.165) is 81.7 Å². The van der Waals surface area contributed by atoms with Crippen LogP contribution in [0.4, 0.5) is 0 Å². The molecule has 6 nitrogen and oxygen atoms in total. The summed E-state index contributed by atoms with van der Waals surface area (Å²) in [5, 5.41) is 7.43. The van der Waals surface area contributed by atoms with Crippen LogP contribution in [0.3, 0.4) is 0 Å². The number of hydrogen-bond donors (Lipinski definition) is 0. The number of para-hydroxylation sites is 1. The van der Waals surface area contributed by atoms with Gasteiger partial charge in [-0.2, -0.15) is 17.2 Å². The summed E-state index contributed by atoms with van der Waals surface area (Å²) in [6.45, 7) is 10.9. The third kappa shape index (κ3) is 6.19. The van der Waals surface area contributed by atoms with Crippen molar-refractivity contribution in [3.63, 3.8) is 0 Å². The standard InChI is InChI=1S/C42H40N4O2.Pt/c1-7-28-23-33(47-6)24-29(8-2)41(28)42-36(9-3)44-46(37(42)10-4)30-14-13-15-31(25-30)48-32-18-19-35-34-16-11-12-17-38(34)45(39(35)26-32)40-22-27(5)20-21-43-40;/h11-24H,7-10H2,1-6H3;/q-2;+2. The molecule has 0 amide bonds. The molecule has 0 atom stereocenters. The van der Waals surface area contributed by atoms with Crippen molar-refractivity contribution in [1.82, 2.24) is 19.3 Å². The second-order valence-electron chi connectivity index (χ2n) is 12.0. The van der Waals surface area contributed by atoms with Gasteiger partial charge in [0.15, 0.2) is 0 Å². The molecule has 49 heavy (non-hydrogen) atoms. The predicted molar refractivity (Wildman–Crippen MR) is 194 cm³/mol. The molecule has 250 valence electrons. The van der Waals surface area contributed by atoms with Crippen molar-refractivity contribution in [2.24, 2.45) is 0 Å². The third-order valence-electron chi connectivity index (χ3n) is 9.13. The van der Waals surface area contributed by atoms with E-state index in [1.54, 1.807) is 7.11 Å². The van der Waals surface area contributed by atoms with Gasteiger partial charge in [-0.05, 0) is 96.3 Å². The normalized spacial score (nSPS) is 11.2. The first-order valence-corrected chi connectivity index (χ1v) is 16.9. The number of pyridine rings is 1. The molecule has 3 heterocycles. The zero-order valence-electron chi connectivity index (χ0n) is 28.8. The molecule has 0 bridgehead atoms. The van der Waals surface area contributed by atoms with Crippen LogP contribution in [0.2, 0.25) is 0 Å². The summed E-state index contributed by atoms with van der Waals surface area (Å²) in [4.78, 5) is 4.71. The van der Waals surface area contributed by atoms with Gasteiger partial charge in [-0.25, -0.2) is 4.98 Å². The maximum absolute atomic E-state index is 6.48. The molecule has 0 unspecified atom stereocenters. The van der Waals surface area contributed by atoms with E-state index in [1.165, 1.54) is 22.3 Å². The Morgan fingerprint density at radius 2 is 1.49 bits per heavy atom. The molecular weight excluding hydrogens is 788 g/mol. The summed E-state index contributed by atoms with van der Waals surface area (Å²) in [6.07, 6.45) is 5.31. The van der Waals surface area contributed by atoms with Crippen LogP contribution >= 0.6 is 0 Å². The largest absolute Gasteiger partial charge is 2.00 e. The molecular formula is C42H40N4O2Pt. The molecule has 3 aromatic heterocycles. The number of rotatable bonds is 10. The maximum atomic E-state index is 6.48. The van der Waals surface area contributed by atoms with Crippen LogP contribution in [0.5, 0.6) is 17.2 Å². The van der Waals surface area contributed by atoms with Crippen molar-refractivity contribution in [3.05, 3.63) is 125 Å². The summed E-state index contributed by atoms with van der Waals surface area (Å²) >= 11 is 0. The molecule has 0 spiro atoms. The summed E-state index contributed by atoms with van der Waals surface area (Å²) in [7, 11) is 1.74. The second-order valence-corrected chi connectivity index (χ2v) is 12.0. The van der Waals surface area contributed by atoms with E-state index < -0.39 is 0 Å². The van der Waals surface area contributed by atoms with Crippen molar-refractivity contribution in [2.75, 3.05) is 7.11 Å². The molecule has 0 aliphatic carbocycles. The molecule has 4 aromatic carbocycles. The first kappa shape index (κ1) is 34.2. The Kier molecular flexibility index (Phi) is 10.1. The predicted octanol–water partition coefficient (Wildman–Crippen LogP) is 9.99. The van der Waals surface area contributed by atoms with Crippen molar-refractivity contribution in [2.45, 2.75) is 60.3 Å². The number of nitrogens with zero attached hydrogens (tertiary/aromatic N) is 4. The smallest absolute Gasteiger partial charge is 0.509 e. The zero-order chi connectivity index (χ0) is 33.4. The fourth-order valence-corrected chi connectivity index (χ4v) is 6.85. The average Bonchev–Trinajstić information content (AvgIpc) is 3.66. The van der Waals surface area contributed by atoms with Crippen molar-refractivity contribution < 1.29 is 30.5 Å². The molecule has 0 aliphatic heterocycles. The van der Waals surface area contributed by atoms with E-state index in [-0.39, 0.29) is 21.1 Å². The molecule has 7 heteroatoms. The van der Waals surface area contributed by atoms with Crippen molar-refractivity contribution >= 4 is 21.8 Å². The van der Waals surface area contributed by atoms with E-state index in [1.807, 2.05) is 36.5 Å². The number of aryl methyl sites for hydroxylation is 4. The summed E-state index contributed by atoms with van der Waals surface area (Å²) in [5.41, 5.74) is 11.3. The monoisotopic (exact) mass is 827 g/mol. The minimum atomic E-state index is 0. The summed E-state index contributed by atoms with van der Waals surface area (Å²) < 4.78 is 16.4. The van der Waals surface area contributed by atoms with Gasteiger partial charge in [-0.15, -0.1) is 35.7 Å². The van der Waals surface area contributed by atoms with Crippen LogP contribution in [0.1, 0.15) is 55.8 Å². The minimum Gasteiger partial charge on any atom is -0.509 e. The van der Waals surface area contributed by atoms with Gasteiger partial charge < -0.3 is 14.0 Å². The number of hydrogen-bond acceptors (Lipinski definition) is 4. The third-order valence-corrected chi connectivity index (χ3v) is 9.13. The Labute approximate surface area is 303 Å². The Morgan fingerprint density at radius 3 is 2.18 bits per heavy atom. The Morgan fingerprint density at radius 1 is 0.735 bits per heavy atom. The molecule has 0 aliphatic rings. The SMILES string of the molecule is CCc1cc(OC)cc(CC)c1-c1c(CC)nn(-c2[c-]c(Oc3[c-]c4c(cc3)c3ccccc3n4-c3cc(C)ccn3)ccc2)c1CC.[Pt+2]. The van der Waals surface area contributed by atoms with E-state index >= 15 is 0 Å². The van der Waals surface area contributed by atoms with Crippen LogP contribution in [0.25, 0.3) is 44.4 Å². The van der Waals surface area contributed by atoms with Gasteiger partial charge in [-0.1, -0.05) is 51.4 Å². The summed E-state index contributed by atoms with van der Waals surface area (Å²) in [5.74, 6) is 2.96. The topological polar surface area (TPSA) is 54.1 Å². The second kappa shape index (κ2) is 14.4. The van der Waals surface area contributed by atoms with E-state index in [0.29, 0.717) is 11.5 Å². The molecule has 7 aromatic rings. The first-order valence-electron chi connectivity index (χ1n) is 16.9. The van der Waals surface area contributed by atoms with Gasteiger partial charge >= 0.3 is 21.1 Å². The Hall–Kier alpha value is -4.67. The number of benzene rings is 4. The van der Waals surface area contributed by atoms with Gasteiger partial charge in [0, 0.05) is 34.5 Å². The number of fused-ring (bicyclic) bond motifs is 3. The minimum absolute atomic E-state index is 0. The van der Waals surface area contributed by atoms with E-state index in [4.69, 9.17) is 19.6 Å². The molecule has 0 saturated carbocycles. The van der Waals surface area contributed by atoms with Gasteiger partial charge in [0.2, 0.25) is 0 Å². The van der Waals surface area contributed by atoms with E-state index in [9.17, 15) is 0 Å². The molecule has 0 fully saturated rings. The van der Waals surface area contributed by atoms with Gasteiger partial charge in [0.25, 0.3) is 0 Å². The van der Waals surface area contributed by atoms with Crippen LogP contribution < -0.4 is 9.47 Å². The van der Waals surface area contributed by atoms with Gasteiger partial charge in [0.05, 0.1) is 12.8 Å². The summed E-state index contributed by atoms with van der Waals surface area (Å²) in [6, 6.07) is 34.0. The Bertz CT molecular complexity index is 2260. The fourth-order valence-electron chi connectivity index (χ4n) is 6.85. The fraction of sp³-hybridized carbons (Fsp3) is 0.238. The Balaban J connectivity index is 0.00000417. The molecule has 7 rings (SSSR count). The van der Waals surface area contributed by atoms with Crippen molar-refractivity contribution in [1.29, 1.82) is 0 Å². The number of methoxy groups -OCH3 is 1. The molecule has 0 N–H and O–H groups in total. The van der Waals surface area contributed by atoms with Crippen LogP contribution in [-0.2, 0) is 46.7 Å². The van der Waals surface area contributed by atoms with Crippen LogP contribution in [-0.4, -0.2) is 26.4 Å².